The van der Waals surface area contributed by atoms with Crippen molar-refractivity contribution in [2.45, 2.75) is 50.5 Å². The summed E-state index contributed by atoms with van der Waals surface area (Å²) in [5.74, 6) is -0.130. The fourth-order valence-electron chi connectivity index (χ4n) is 2.52. The van der Waals surface area contributed by atoms with Crippen molar-refractivity contribution in [3.63, 3.8) is 0 Å². The minimum absolute atomic E-state index is 0.223. The molecule has 0 unspecified atom stereocenters. The first-order chi connectivity index (χ1) is 7.64. The number of rotatable bonds is 2. The molecule has 1 aliphatic carbocycles. The number of nitrogens with zero attached hydrogens (tertiary/aromatic N) is 1. The van der Waals surface area contributed by atoms with Gasteiger partial charge in [-0.1, -0.05) is 13.0 Å². The van der Waals surface area contributed by atoms with Gasteiger partial charge in [-0.05, 0) is 44.1 Å². The van der Waals surface area contributed by atoms with Crippen LogP contribution in [0, 0.1) is 5.95 Å². The fraction of sp³-hybridized carbons (Fsp3) is 0.615. The van der Waals surface area contributed by atoms with Gasteiger partial charge < -0.3 is 5.11 Å². The van der Waals surface area contributed by atoms with Crippen LogP contribution in [0.25, 0.3) is 0 Å². The predicted molar refractivity (Wildman–Crippen MR) is 60.6 cm³/mol. The summed E-state index contributed by atoms with van der Waals surface area (Å²) in [5, 5.41) is 10.1. The Kier molecular flexibility index (Phi) is 3.24. The van der Waals surface area contributed by atoms with E-state index >= 15 is 0 Å². The van der Waals surface area contributed by atoms with Gasteiger partial charge in [0.1, 0.15) is 0 Å². The highest BCUT2D eigenvalue weighted by Crippen LogP contribution is 2.39. The molecular formula is C13H18FNO. The highest BCUT2D eigenvalue weighted by molar-refractivity contribution is 5.17. The Hall–Kier alpha value is -0.960. The molecule has 1 N–H and O–H groups in total. The second-order valence-electron chi connectivity index (χ2n) is 4.74. The molecule has 0 spiro atoms. The second-order valence-corrected chi connectivity index (χ2v) is 4.74. The molecule has 0 amide bonds. The number of pyridine rings is 1. The maximum Gasteiger partial charge on any atom is 0.216 e. The molecule has 0 atom stereocenters. The Bertz CT molecular complexity index is 359. The number of halogens is 1. The van der Waals surface area contributed by atoms with E-state index in [1.807, 2.05) is 13.0 Å². The molecular weight excluding hydrogens is 205 g/mol. The maximum atomic E-state index is 13.5. The second kappa shape index (κ2) is 4.50. The van der Waals surface area contributed by atoms with E-state index in [2.05, 4.69) is 4.98 Å². The van der Waals surface area contributed by atoms with E-state index in [4.69, 9.17) is 0 Å². The average molecular weight is 223 g/mol. The van der Waals surface area contributed by atoms with Crippen LogP contribution in [0.15, 0.2) is 18.3 Å². The third-order valence-electron chi connectivity index (χ3n) is 3.80. The summed E-state index contributed by atoms with van der Waals surface area (Å²) in [7, 11) is 0. The minimum Gasteiger partial charge on any atom is -0.390 e. The van der Waals surface area contributed by atoms with Crippen LogP contribution in [-0.4, -0.2) is 15.7 Å². The maximum absolute atomic E-state index is 13.5. The van der Waals surface area contributed by atoms with Crippen LogP contribution in [0.2, 0.25) is 0 Å². The first-order valence-corrected chi connectivity index (χ1v) is 5.97. The molecule has 1 fully saturated rings. The highest BCUT2D eigenvalue weighted by Gasteiger charge is 2.32. The van der Waals surface area contributed by atoms with E-state index in [1.54, 1.807) is 6.07 Å². The summed E-state index contributed by atoms with van der Waals surface area (Å²) in [6.07, 6.45) is 5.50. The summed E-state index contributed by atoms with van der Waals surface area (Å²) < 4.78 is 13.5. The van der Waals surface area contributed by atoms with E-state index in [9.17, 15) is 9.50 Å². The van der Waals surface area contributed by atoms with Crippen LogP contribution >= 0.6 is 0 Å². The van der Waals surface area contributed by atoms with Crippen molar-refractivity contribution in [3.05, 3.63) is 29.8 Å². The molecule has 3 heteroatoms. The summed E-state index contributed by atoms with van der Waals surface area (Å²) in [5.41, 5.74) is 0.190. The van der Waals surface area contributed by atoms with Gasteiger partial charge in [0.25, 0.3) is 0 Å². The number of aliphatic hydroxyl groups is 1. The zero-order chi connectivity index (χ0) is 11.6. The number of aromatic nitrogens is 1. The van der Waals surface area contributed by atoms with Gasteiger partial charge in [0, 0.05) is 11.8 Å². The van der Waals surface area contributed by atoms with Gasteiger partial charge in [0.2, 0.25) is 5.95 Å². The van der Waals surface area contributed by atoms with Crippen LogP contribution in [-0.2, 0) is 0 Å². The normalized spacial score (nSPS) is 30.3. The van der Waals surface area contributed by atoms with Gasteiger partial charge in [-0.15, -0.1) is 0 Å². The smallest absolute Gasteiger partial charge is 0.216 e. The molecule has 1 saturated carbocycles. The Labute approximate surface area is 95.5 Å². The van der Waals surface area contributed by atoms with Gasteiger partial charge in [-0.25, -0.2) is 4.98 Å². The lowest BCUT2D eigenvalue weighted by Crippen LogP contribution is -2.32. The Morgan fingerprint density at radius 3 is 2.75 bits per heavy atom. The summed E-state index contributed by atoms with van der Waals surface area (Å²) in [6, 6.07) is 3.59. The van der Waals surface area contributed by atoms with Crippen LogP contribution in [0.1, 0.15) is 50.5 Å². The fourth-order valence-corrected chi connectivity index (χ4v) is 2.52. The largest absolute Gasteiger partial charge is 0.390 e. The summed E-state index contributed by atoms with van der Waals surface area (Å²) >= 11 is 0. The van der Waals surface area contributed by atoms with E-state index in [0.29, 0.717) is 5.56 Å². The van der Waals surface area contributed by atoms with Crippen LogP contribution in [0.5, 0.6) is 0 Å². The lowest BCUT2D eigenvalue weighted by molar-refractivity contribution is -0.00450. The quantitative estimate of drug-likeness (QED) is 0.782. The standard InChI is InChI=1S/C13H18FNO/c1-2-13(16)7-5-10(6-8-13)11-4-3-9-15-12(11)14/h3-4,9-10,16H,2,5-8H2,1H3/t10-,13+. The third-order valence-corrected chi connectivity index (χ3v) is 3.80. The molecule has 0 bridgehead atoms. The molecule has 16 heavy (non-hydrogen) atoms. The molecule has 1 aliphatic rings. The van der Waals surface area contributed by atoms with Crippen molar-refractivity contribution in [2.24, 2.45) is 0 Å². The first-order valence-electron chi connectivity index (χ1n) is 5.97. The molecule has 0 saturated heterocycles. The molecule has 0 aliphatic heterocycles. The molecule has 1 heterocycles. The molecule has 0 aromatic carbocycles. The molecule has 2 rings (SSSR count). The van der Waals surface area contributed by atoms with Gasteiger partial charge in [0.05, 0.1) is 5.60 Å². The zero-order valence-electron chi connectivity index (χ0n) is 9.62. The SMILES string of the molecule is CC[C@]1(O)CC[C@@H](c2cccnc2F)CC1. The predicted octanol–water partition coefficient (Wildman–Crippen LogP) is 3.02. The van der Waals surface area contributed by atoms with Gasteiger partial charge >= 0.3 is 0 Å². The van der Waals surface area contributed by atoms with Crippen LogP contribution in [0.3, 0.4) is 0 Å². The Morgan fingerprint density at radius 1 is 1.50 bits per heavy atom. The number of hydrogen-bond acceptors (Lipinski definition) is 2. The van der Waals surface area contributed by atoms with Gasteiger partial charge in [-0.3, -0.25) is 0 Å². The molecule has 1 aromatic rings. The Morgan fingerprint density at radius 2 is 2.19 bits per heavy atom. The van der Waals surface area contributed by atoms with Crippen molar-refractivity contribution in [1.82, 2.24) is 4.98 Å². The van der Waals surface area contributed by atoms with E-state index in [0.717, 1.165) is 32.1 Å². The van der Waals surface area contributed by atoms with E-state index in [-0.39, 0.29) is 11.9 Å². The van der Waals surface area contributed by atoms with Crippen molar-refractivity contribution in [2.75, 3.05) is 0 Å². The zero-order valence-corrected chi connectivity index (χ0v) is 9.62. The van der Waals surface area contributed by atoms with Gasteiger partial charge in [0.15, 0.2) is 0 Å². The van der Waals surface area contributed by atoms with E-state index < -0.39 is 5.60 Å². The van der Waals surface area contributed by atoms with Crippen LogP contribution < -0.4 is 0 Å². The number of hydrogen-bond donors (Lipinski definition) is 1. The Balaban J connectivity index is 2.07. The molecule has 2 nitrogen and oxygen atoms in total. The van der Waals surface area contributed by atoms with Crippen LogP contribution in [0.4, 0.5) is 4.39 Å². The highest BCUT2D eigenvalue weighted by atomic mass is 19.1. The van der Waals surface area contributed by atoms with Crippen molar-refractivity contribution >= 4 is 0 Å². The van der Waals surface area contributed by atoms with E-state index in [1.165, 1.54) is 6.20 Å². The third kappa shape index (κ3) is 2.24. The molecule has 1 aromatic heterocycles. The summed E-state index contributed by atoms with van der Waals surface area (Å²) in [4.78, 5) is 3.68. The lowest BCUT2D eigenvalue weighted by atomic mass is 9.75. The monoisotopic (exact) mass is 223 g/mol. The van der Waals surface area contributed by atoms with Crippen molar-refractivity contribution < 1.29 is 9.50 Å². The topological polar surface area (TPSA) is 33.1 Å². The first kappa shape index (κ1) is 11.5. The average Bonchev–Trinajstić information content (AvgIpc) is 2.31. The van der Waals surface area contributed by atoms with Crippen molar-refractivity contribution in [3.8, 4) is 0 Å². The molecule has 0 radical (unpaired) electrons. The molecule has 88 valence electrons. The van der Waals surface area contributed by atoms with Crippen molar-refractivity contribution in [1.29, 1.82) is 0 Å². The van der Waals surface area contributed by atoms with Gasteiger partial charge in [-0.2, -0.15) is 4.39 Å². The summed E-state index contributed by atoms with van der Waals surface area (Å²) in [6.45, 7) is 2.00. The minimum atomic E-state index is -0.519. The lowest BCUT2D eigenvalue weighted by Gasteiger charge is -2.35.